The second kappa shape index (κ2) is 5.90. The highest BCUT2D eigenvalue weighted by molar-refractivity contribution is 5.58. The van der Waals surface area contributed by atoms with Gasteiger partial charge in [0, 0.05) is 24.3 Å². The molecule has 1 aliphatic heterocycles. The first kappa shape index (κ1) is 14.1. The number of anilines is 1. The molecular formula is C17H21FN2O. The number of nitrogens with zero attached hydrogens (tertiary/aromatic N) is 1. The van der Waals surface area contributed by atoms with Crippen LogP contribution in [0.25, 0.3) is 0 Å². The van der Waals surface area contributed by atoms with Crippen LogP contribution in [0.4, 0.5) is 10.1 Å². The van der Waals surface area contributed by atoms with E-state index in [1.807, 2.05) is 13.0 Å². The molecule has 1 N–H and O–H groups in total. The number of rotatable bonds is 5. The lowest BCUT2D eigenvalue weighted by Gasteiger charge is -2.18. The Bertz CT molecular complexity index is 636. The third kappa shape index (κ3) is 2.95. The Kier molecular flexibility index (Phi) is 3.97. The van der Waals surface area contributed by atoms with E-state index >= 15 is 0 Å². The second-order valence-corrected chi connectivity index (χ2v) is 5.52. The molecule has 4 heteroatoms. The van der Waals surface area contributed by atoms with Crippen molar-refractivity contribution in [2.24, 2.45) is 0 Å². The number of halogens is 1. The van der Waals surface area contributed by atoms with E-state index in [0.717, 1.165) is 49.8 Å². The molecule has 0 saturated heterocycles. The van der Waals surface area contributed by atoms with E-state index in [4.69, 9.17) is 4.42 Å². The van der Waals surface area contributed by atoms with Gasteiger partial charge in [-0.05, 0) is 43.7 Å². The molecule has 0 fully saturated rings. The molecule has 1 aromatic heterocycles. The predicted molar refractivity (Wildman–Crippen MR) is 82.0 cm³/mol. The minimum absolute atomic E-state index is 0.169. The first-order chi connectivity index (χ1) is 10.2. The van der Waals surface area contributed by atoms with Gasteiger partial charge >= 0.3 is 0 Å². The van der Waals surface area contributed by atoms with E-state index in [2.05, 4.69) is 23.2 Å². The number of fused-ring (bicyclic) bond motifs is 1. The first-order valence-corrected chi connectivity index (χ1v) is 7.49. The quantitative estimate of drug-likeness (QED) is 0.914. The van der Waals surface area contributed by atoms with Crippen molar-refractivity contribution in [2.45, 2.75) is 33.4 Å². The van der Waals surface area contributed by atoms with Crippen LogP contribution in [-0.4, -0.2) is 13.1 Å². The summed E-state index contributed by atoms with van der Waals surface area (Å²) in [5.74, 6) is 1.74. The van der Waals surface area contributed by atoms with Gasteiger partial charge in [0.05, 0.1) is 6.54 Å². The lowest BCUT2D eigenvalue weighted by atomic mass is 10.1. The van der Waals surface area contributed by atoms with E-state index in [1.165, 1.54) is 11.1 Å². The van der Waals surface area contributed by atoms with Crippen molar-refractivity contribution in [1.82, 2.24) is 5.32 Å². The molecule has 112 valence electrons. The lowest BCUT2D eigenvalue weighted by Crippen LogP contribution is -2.19. The molecule has 2 aromatic rings. The van der Waals surface area contributed by atoms with E-state index in [9.17, 15) is 4.39 Å². The highest BCUT2D eigenvalue weighted by Gasteiger charge is 2.21. The van der Waals surface area contributed by atoms with Crippen LogP contribution in [0.3, 0.4) is 0 Å². The van der Waals surface area contributed by atoms with Gasteiger partial charge in [0.25, 0.3) is 0 Å². The minimum Gasteiger partial charge on any atom is -0.465 e. The van der Waals surface area contributed by atoms with Gasteiger partial charge < -0.3 is 14.6 Å². The molecule has 0 radical (unpaired) electrons. The fourth-order valence-electron chi connectivity index (χ4n) is 2.87. The van der Waals surface area contributed by atoms with Gasteiger partial charge in [0.15, 0.2) is 0 Å². The van der Waals surface area contributed by atoms with Crippen LogP contribution in [-0.2, 0) is 19.5 Å². The number of hydrogen-bond acceptors (Lipinski definition) is 3. The molecule has 3 nitrogen and oxygen atoms in total. The molecule has 0 unspecified atom stereocenters. The maximum Gasteiger partial charge on any atom is 0.125 e. The minimum atomic E-state index is -0.169. The molecule has 0 spiro atoms. The monoisotopic (exact) mass is 288 g/mol. The Morgan fingerprint density at radius 1 is 1.33 bits per heavy atom. The molecule has 0 amide bonds. The number of furan rings is 1. The molecule has 0 atom stereocenters. The highest BCUT2D eigenvalue weighted by Crippen LogP contribution is 2.31. The lowest BCUT2D eigenvalue weighted by molar-refractivity contribution is 0.463. The summed E-state index contributed by atoms with van der Waals surface area (Å²) in [5, 5.41) is 3.26. The zero-order chi connectivity index (χ0) is 14.8. The van der Waals surface area contributed by atoms with Crippen LogP contribution >= 0.6 is 0 Å². The Morgan fingerprint density at radius 2 is 2.19 bits per heavy atom. The molecule has 0 saturated carbocycles. The van der Waals surface area contributed by atoms with Gasteiger partial charge in [0.1, 0.15) is 17.3 Å². The van der Waals surface area contributed by atoms with E-state index in [0.29, 0.717) is 0 Å². The van der Waals surface area contributed by atoms with Crippen molar-refractivity contribution in [1.29, 1.82) is 0 Å². The van der Waals surface area contributed by atoms with E-state index < -0.39 is 0 Å². The van der Waals surface area contributed by atoms with Crippen LogP contribution in [0.1, 0.15) is 29.6 Å². The fourth-order valence-corrected chi connectivity index (χ4v) is 2.87. The van der Waals surface area contributed by atoms with Crippen molar-refractivity contribution < 1.29 is 8.81 Å². The van der Waals surface area contributed by atoms with E-state index in [-0.39, 0.29) is 5.82 Å². The highest BCUT2D eigenvalue weighted by atomic mass is 19.1. The van der Waals surface area contributed by atoms with Gasteiger partial charge in [-0.3, -0.25) is 0 Å². The summed E-state index contributed by atoms with van der Waals surface area (Å²) >= 11 is 0. The summed E-state index contributed by atoms with van der Waals surface area (Å²) in [5.41, 5.74) is 3.43. The van der Waals surface area contributed by atoms with Gasteiger partial charge in [0.2, 0.25) is 0 Å². The van der Waals surface area contributed by atoms with Crippen molar-refractivity contribution >= 4 is 5.69 Å². The van der Waals surface area contributed by atoms with Gasteiger partial charge in [-0.1, -0.05) is 13.0 Å². The summed E-state index contributed by atoms with van der Waals surface area (Å²) in [6.07, 6.45) is 0.983. The standard InChI is InChI=1S/C17H21FN2O/c1-3-19-10-16-8-14(12(2)21-16)11-20-7-6-13-4-5-15(18)9-17(13)20/h4-5,8-9,19H,3,6-7,10-11H2,1-2H3. The molecule has 21 heavy (non-hydrogen) atoms. The Morgan fingerprint density at radius 3 is 3.00 bits per heavy atom. The van der Waals surface area contributed by atoms with E-state index in [1.54, 1.807) is 12.1 Å². The molecule has 0 aliphatic carbocycles. The number of aryl methyl sites for hydroxylation is 1. The topological polar surface area (TPSA) is 28.4 Å². The summed E-state index contributed by atoms with van der Waals surface area (Å²) in [7, 11) is 0. The second-order valence-electron chi connectivity index (χ2n) is 5.52. The third-order valence-corrected chi connectivity index (χ3v) is 4.02. The zero-order valence-electron chi connectivity index (χ0n) is 12.6. The van der Waals surface area contributed by atoms with Crippen LogP contribution in [0.2, 0.25) is 0 Å². The third-order valence-electron chi connectivity index (χ3n) is 4.02. The Balaban J connectivity index is 1.76. The SMILES string of the molecule is CCNCc1cc(CN2CCc3ccc(F)cc32)c(C)o1. The summed E-state index contributed by atoms with van der Waals surface area (Å²) in [4.78, 5) is 2.23. The van der Waals surface area contributed by atoms with Gasteiger partial charge in [-0.15, -0.1) is 0 Å². The van der Waals surface area contributed by atoms with Crippen molar-refractivity contribution in [3.8, 4) is 0 Å². The Hall–Kier alpha value is -1.81. The van der Waals surface area contributed by atoms with Crippen LogP contribution in [0, 0.1) is 12.7 Å². The average Bonchev–Trinajstić information content (AvgIpc) is 3.01. The normalized spacial score (nSPS) is 13.8. The van der Waals surface area contributed by atoms with Crippen molar-refractivity contribution in [3.05, 3.63) is 52.7 Å². The molecule has 3 rings (SSSR count). The maximum atomic E-state index is 13.4. The van der Waals surface area contributed by atoms with Crippen LogP contribution in [0.5, 0.6) is 0 Å². The fraction of sp³-hybridized carbons (Fsp3) is 0.412. The molecule has 1 aliphatic rings. The summed E-state index contributed by atoms with van der Waals surface area (Å²) < 4.78 is 19.2. The first-order valence-electron chi connectivity index (χ1n) is 7.49. The number of nitrogens with one attached hydrogen (secondary N) is 1. The molecular weight excluding hydrogens is 267 g/mol. The summed E-state index contributed by atoms with van der Waals surface area (Å²) in [6, 6.07) is 7.18. The number of benzene rings is 1. The smallest absolute Gasteiger partial charge is 0.125 e. The zero-order valence-corrected chi connectivity index (χ0v) is 12.6. The predicted octanol–water partition coefficient (Wildman–Crippen LogP) is 3.40. The Labute approximate surface area is 124 Å². The summed E-state index contributed by atoms with van der Waals surface area (Å²) in [6.45, 7) is 7.46. The van der Waals surface area contributed by atoms with Gasteiger partial charge in [-0.2, -0.15) is 0 Å². The molecule has 2 heterocycles. The molecule has 1 aromatic carbocycles. The van der Waals surface area contributed by atoms with Crippen molar-refractivity contribution in [3.63, 3.8) is 0 Å². The molecule has 0 bridgehead atoms. The van der Waals surface area contributed by atoms with Crippen molar-refractivity contribution in [2.75, 3.05) is 18.0 Å². The van der Waals surface area contributed by atoms with Crippen LogP contribution < -0.4 is 10.2 Å². The number of hydrogen-bond donors (Lipinski definition) is 1. The van der Waals surface area contributed by atoms with Gasteiger partial charge in [-0.25, -0.2) is 4.39 Å². The largest absolute Gasteiger partial charge is 0.465 e. The average molecular weight is 288 g/mol. The van der Waals surface area contributed by atoms with Crippen LogP contribution in [0.15, 0.2) is 28.7 Å². The maximum absolute atomic E-state index is 13.4.